The van der Waals surface area contributed by atoms with E-state index in [2.05, 4.69) is 35.6 Å². The Bertz CT molecular complexity index is 442. The molecule has 3 nitrogen and oxygen atoms in total. The van der Waals surface area contributed by atoms with Gasteiger partial charge in [0.15, 0.2) is 0 Å². The molecule has 0 aromatic rings. The summed E-state index contributed by atoms with van der Waals surface area (Å²) in [7, 11) is 2.30. The Morgan fingerprint density at radius 3 is 2.00 bits per heavy atom. The Morgan fingerprint density at radius 1 is 0.840 bits per heavy atom. The third-order valence-electron chi connectivity index (χ3n) is 8.60. The SMILES string of the molecule is CCC1(CN2CCC(C)(N3CCC(C4CCN(C)C4)CC3)CC2)CC1. The van der Waals surface area contributed by atoms with Gasteiger partial charge in [0.1, 0.15) is 0 Å². The minimum Gasteiger partial charge on any atom is -0.306 e. The van der Waals surface area contributed by atoms with Crippen LogP contribution in [-0.4, -0.2) is 73.1 Å². The smallest absolute Gasteiger partial charge is 0.0205 e. The molecule has 4 aliphatic rings. The Kier molecular flexibility index (Phi) is 5.20. The van der Waals surface area contributed by atoms with E-state index in [1.165, 1.54) is 97.2 Å². The van der Waals surface area contributed by atoms with Crippen molar-refractivity contribution in [2.75, 3.05) is 52.9 Å². The second-order valence-electron chi connectivity index (χ2n) is 10.3. The van der Waals surface area contributed by atoms with Crippen LogP contribution in [0.5, 0.6) is 0 Å². The molecule has 0 radical (unpaired) electrons. The van der Waals surface area contributed by atoms with Gasteiger partial charge >= 0.3 is 0 Å². The van der Waals surface area contributed by atoms with Crippen molar-refractivity contribution < 1.29 is 0 Å². The third kappa shape index (κ3) is 3.94. The van der Waals surface area contributed by atoms with Crippen LogP contribution in [-0.2, 0) is 0 Å². The van der Waals surface area contributed by atoms with E-state index >= 15 is 0 Å². The molecular formula is C22H41N3. The van der Waals surface area contributed by atoms with E-state index in [1.54, 1.807) is 0 Å². The van der Waals surface area contributed by atoms with Gasteiger partial charge in [0.25, 0.3) is 0 Å². The van der Waals surface area contributed by atoms with Crippen molar-refractivity contribution in [1.29, 1.82) is 0 Å². The monoisotopic (exact) mass is 347 g/mol. The van der Waals surface area contributed by atoms with Crippen molar-refractivity contribution in [2.45, 2.75) is 70.8 Å². The van der Waals surface area contributed by atoms with Crippen LogP contribution >= 0.6 is 0 Å². The average molecular weight is 348 g/mol. The number of hydrogen-bond donors (Lipinski definition) is 0. The highest BCUT2D eigenvalue weighted by atomic mass is 15.2. The van der Waals surface area contributed by atoms with Crippen LogP contribution < -0.4 is 0 Å². The van der Waals surface area contributed by atoms with E-state index < -0.39 is 0 Å². The van der Waals surface area contributed by atoms with Gasteiger partial charge in [-0.1, -0.05) is 6.92 Å². The molecule has 0 aromatic carbocycles. The van der Waals surface area contributed by atoms with Gasteiger partial charge in [-0.25, -0.2) is 0 Å². The standard InChI is InChI=1S/C22H41N3/c1-4-22(8-9-22)18-24-15-10-21(2,11-16-24)25-13-6-19(7-14-25)20-5-12-23(3)17-20/h19-20H,4-18H2,1-3H3. The minimum absolute atomic E-state index is 0.483. The lowest BCUT2D eigenvalue weighted by atomic mass is 9.80. The topological polar surface area (TPSA) is 9.72 Å². The Morgan fingerprint density at radius 2 is 1.48 bits per heavy atom. The summed E-state index contributed by atoms with van der Waals surface area (Å²) in [6.45, 7) is 14.4. The molecule has 1 atom stereocenters. The van der Waals surface area contributed by atoms with Crippen molar-refractivity contribution in [3.63, 3.8) is 0 Å². The first-order valence-electron chi connectivity index (χ1n) is 11.2. The van der Waals surface area contributed by atoms with Gasteiger partial charge in [0.05, 0.1) is 0 Å². The van der Waals surface area contributed by atoms with Crippen LogP contribution in [0.4, 0.5) is 0 Å². The first-order valence-corrected chi connectivity index (χ1v) is 11.2. The summed E-state index contributed by atoms with van der Waals surface area (Å²) in [5, 5.41) is 0. The van der Waals surface area contributed by atoms with Gasteiger partial charge in [-0.15, -0.1) is 0 Å². The first-order chi connectivity index (χ1) is 12.0. The highest BCUT2D eigenvalue weighted by Crippen LogP contribution is 2.49. The average Bonchev–Trinajstić information content (AvgIpc) is 3.28. The van der Waals surface area contributed by atoms with Gasteiger partial charge < -0.3 is 9.80 Å². The fraction of sp³-hybridized carbons (Fsp3) is 1.00. The summed E-state index contributed by atoms with van der Waals surface area (Å²) in [6, 6.07) is 0. The zero-order valence-electron chi connectivity index (χ0n) is 17.1. The molecule has 3 aliphatic heterocycles. The van der Waals surface area contributed by atoms with Crippen molar-refractivity contribution in [3.05, 3.63) is 0 Å². The molecule has 0 N–H and O–H groups in total. The molecular weight excluding hydrogens is 306 g/mol. The molecule has 3 saturated heterocycles. The molecule has 0 bridgehead atoms. The molecule has 1 saturated carbocycles. The first kappa shape index (κ1) is 18.3. The largest absolute Gasteiger partial charge is 0.306 e. The van der Waals surface area contributed by atoms with Crippen LogP contribution in [0.3, 0.4) is 0 Å². The molecule has 3 heteroatoms. The molecule has 25 heavy (non-hydrogen) atoms. The third-order valence-corrected chi connectivity index (χ3v) is 8.60. The molecule has 0 aromatic heterocycles. The lowest BCUT2D eigenvalue weighted by molar-refractivity contribution is 0.000335. The predicted molar refractivity (Wildman–Crippen MR) is 106 cm³/mol. The molecule has 4 rings (SSSR count). The number of rotatable bonds is 5. The van der Waals surface area contributed by atoms with Crippen molar-refractivity contribution >= 4 is 0 Å². The highest BCUT2D eigenvalue weighted by molar-refractivity contribution is 4.99. The molecule has 0 spiro atoms. The molecule has 144 valence electrons. The molecule has 3 heterocycles. The molecule has 1 unspecified atom stereocenters. The van der Waals surface area contributed by atoms with Crippen LogP contribution in [0.15, 0.2) is 0 Å². The highest BCUT2D eigenvalue weighted by Gasteiger charge is 2.44. The van der Waals surface area contributed by atoms with Gasteiger partial charge in [0.2, 0.25) is 0 Å². The van der Waals surface area contributed by atoms with Crippen LogP contribution in [0.2, 0.25) is 0 Å². The Balaban J connectivity index is 1.24. The number of nitrogens with zero attached hydrogens (tertiary/aromatic N) is 3. The quantitative estimate of drug-likeness (QED) is 0.751. The summed E-state index contributed by atoms with van der Waals surface area (Å²) in [6.07, 6.45) is 11.5. The van der Waals surface area contributed by atoms with E-state index in [0.29, 0.717) is 5.54 Å². The number of hydrogen-bond acceptors (Lipinski definition) is 3. The lowest BCUT2D eigenvalue weighted by Gasteiger charge is -2.50. The van der Waals surface area contributed by atoms with Crippen molar-refractivity contribution in [1.82, 2.24) is 14.7 Å². The van der Waals surface area contributed by atoms with Gasteiger partial charge in [-0.05, 0) is 115 Å². The van der Waals surface area contributed by atoms with Gasteiger partial charge in [-0.3, -0.25) is 4.90 Å². The maximum Gasteiger partial charge on any atom is 0.0205 e. The van der Waals surface area contributed by atoms with Crippen molar-refractivity contribution in [2.24, 2.45) is 17.3 Å². The summed E-state index contributed by atoms with van der Waals surface area (Å²) in [5.41, 5.74) is 1.21. The fourth-order valence-corrected chi connectivity index (χ4v) is 6.05. The van der Waals surface area contributed by atoms with Gasteiger partial charge in [0, 0.05) is 18.6 Å². The van der Waals surface area contributed by atoms with Crippen LogP contribution in [0.25, 0.3) is 0 Å². The number of likely N-dealkylation sites (tertiary alicyclic amines) is 3. The summed E-state index contributed by atoms with van der Waals surface area (Å²) < 4.78 is 0. The zero-order chi connectivity index (χ0) is 17.5. The summed E-state index contributed by atoms with van der Waals surface area (Å²) in [5.74, 6) is 2.00. The van der Waals surface area contributed by atoms with Gasteiger partial charge in [-0.2, -0.15) is 0 Å². The molecule has 0 amide bonds. The van der Waals surface area contributed by atoms with Crippen LogP contribution in [0, 0.1) is 17.3 Å². The fourth-order valence-electron chi connectivity index (χ4n) is 6.05. The van der Waals surface area contributed by atoms with E-state index in [-0.39, 0.29) is 0 Å². The van der Waals surface area contributed by atoms with Crippen LogP contribution in [0.1, 0.15) is 65.2 Å². The minimum atomic E-state index is 0.483. The summed E-state index contributed by atoms with van der Waals surface area (Å²) >= 11 is 0. The predicted octanol–water partition coefficient (Wildman–Crippen LogP) is 3.69. The maximum absolute atomic E-state index is 2.88. The second kappa shape index (κ2) is 7.13. The Labute approximate surface area is 156 Å². The van der Waals surface area contributed by atoms with E-state index in [4.69, 9.17) is 0 Å². The van der Waals surface area contributed by atoms with E-state index in [9.17, 15) is 0 Å². The second-order valence-corrected chi connectivity index (χ2v) is 10.3. The zero-order valence-corrected chi connectivity index (χ0v) is 17.1. The summed E-state index contributed by atoms with van der Waals surface area (Å²) in [4.78, 5) is 8.21. The number of piperidine rings is 2. The normalized spacial score (nSPS) is 34.4. The van der Waals surface area contributed by atoms with Crippen molar-refractivity contribution in [3.8, 4) is 0 Å². The molecule has 1 aliphatic carbocycles. The lowest BCUT2D eigenvalue weighted by Crippen LogP contribution is -2.56. The molecule has 4 fully saturated rings. The maximum atomic E-state index is 2.88. The van der Waals surface area contributed by atoms with E-state index in [1.807, 2.05) is 0 Å². The van der Waals surface area contributed by atoms with E-state index in [0.717, 1.165) is 17.3 Å². The Hall–Kier alpha value is -0.120.